The maximum Gasteiger partial charge on any atom is 0.294 e. The molecule has 5 nitrogen and oxygen atoms in total. The van der Waals surface area contributed by atoms with Crippen molar-refractivity contribution in [1.82, 2.24) is 15.5 Å². The number of nitrogens with one attached hydrogen (secondary N) is 1. The SMILES string of the molecule is COCCNCc1nnc(OC(C)C(C)C)s1. The summed E-state index contributed by atoms with van der Waals surface area (Å²) in [5.41, 5.74) is 0. The molecule has 1 aromatic rings. The first-order valence-electron chi connectivity index (χ1n) is 5.82. The molecule has 0 saturated heterocycles. The van der Waals surface area contributed by atoms with Crippen molar-refractivity contribution in [1.29, 1.82) is 0 Å². The standard InChI is InChI=1S/C11H21N3O2S/c1-8(2)9(3)16-11-14-13-10(17-11)7-12-5-6-15-4/h8-9,12H,5-7H2,1-4H3. The van der Waals surface area contributed by atoms with Crippen molar-refractivity contribution in [3.05, 3.63) is 5.01 Å². The second-order valence-electron chi connectivity index (χ2n) is 4.20. The second-order valence-corrected chi connectivity index (χ2v) is 5.22. The molecule has 0 bridgehead atoms. The van der Waals surface area contributed by atoms with Crippen LogP contribution in [0.25, 0.3) is 0 Å². The Balaban J connectivity index is 2.32. The zero-order chi connectivity index (χ0) is 12.7. The molecule has 1 unspecified atom stereocenters. The molecule has 0 saturated carbocycles. The first kappa shape index (κ1) is 14.3. The van der Waals surface area contributed by atoms with Crippen LogP contribution in [0.3, 0.4) is 0 Å². The highest BCUT2D eigenvalue weighted by Gasteiger charge is 2.12. The van der Waals surface area contributed by atoms with Gasteiger partial charge in [0.05, 0.1) is 6.61 Å². The summed E-state index contributed by atoms with van der Waals surface area (Å²) in [5, 5.41) is 12.9. The Morgan fingerprint density at radius 3 is 2.71 bits per heavy atom. The number of hydrogen-bond donors (Lipinski definition) is 1. The summed E-state index contributed by atoms with van der Waals surface area (Å²) in [6, 6.07) is 0. The summed E-state index contributed by atoms with van der Waals surface area (Å²) in [6.45, 7) is 8.52. The van der Waals surface area contributed by atoms with E-state index in [0.29, 0.717) is 24.3 Å². The Morgan fingerprint density at radius 2 is 2.06 bits per heavy atom. The molecule has 0 spiro atoms. The van der Waals surface area contributed by atoms with Gasteiger partial charge in [0.25, 0.3) is 5.19 Å². The van der Waals surface area contributed by atoms with Crippen LogP contribution in [0.1, 0.15) is 25.8 Å². The van der Waals surface area contributed by atoms with Gasteiger partial charge in [-0.05, 0) is 12.8 Å². The molecule has 1 rings (SSSR count). The zero-order valence-electron chi connectivity index (χ0n) is 10.9. The summed E-state index contributed by atoms with van der Waals surface area (Å²) in [6.07, 6.45) is 0.164. The van der Waals surface area contributed by atoms with E-state index in [2.05, 4.69) is 29.4 Å². The van der Waals surface area contributed by atoms with Crippen LogP contribution >= 0.6 is 11.3 Å². The third-order valence-corrected chi connectivity index (χ3v) is 3.25. The van der Waals surface area contributed by atoms with Crippen LogP contribution in [0.5, 0.6) is 5.19 Å². The first-order valence-corrected chi connectivity index (χ1v) is 6.63. The number of rotatable bonds is 8. The number of aromatic nitrogens is 2. The molecule has 1 aromatic heterocycles. The molecule has 0 aliphatic heterocycles. The van der Waals surface area contributed by atoms with Crippen LogP contribution in [0.4, 0.5) is 0 Å². The van der Waals surface area contributed by atoms with Crippen molar-refractivity contribution in [3.8, 4) is 5.19 Å². The van der Waals surface area contributed by atoms with Gasteiger partial charge in [-0.1, -0.05) is 30.3 Å². The van der Waals surface area contributed by atoms with Crippen LogP contribution < -0.4 is 10.1 Å². The summed E-state index contributed by atoms with van der Waals surface area (Å²) in [7, 11) is 1.69. The first-order chi connectivity index (χ1) is 8.13. The molecular weight excluding hydrogens is 238 g/mol. The van der Waals surface area contributed by atoms with Gasteiger partial charge in [-0.15, -0.1) is 5.10 Å². The van der Waals surface area contributed by atoms with E-state index >= 15 is 0 Å². The van der Waals surface area contributed by atoms with Gasteiger partial charge in [0.1, 0.15) is 11.1 Å². The average molecular weight is 259 g/mol. The zero-order valence-corrected chi connectivity index (χ0v) is 11.7. The Morgan fingerprint density at radius 1 is 1.29 bits per heavy atom. The van der Waals surface area contributed by atoms with Gasteiger partial charge in [-0.25, -0.2) is 0 Å². The minimum absolute atomic E-state index is 0.164. The van der Waals surface area contributed by atoms with Crippen molar-refractivity contribution >= 4 is 11.3 Å². The van der Waals surface area contributed by atoms with Crippen LogP contribution in [-0.4, -0.2) is 36.6 Å². The fourth-order valence-electron chi connectivity index (χ4n) is 1.02. The Bertz CT molecular complexity index is 317. The molecule has 98 valence electrons. The van der Waals surface area contributed by atoms with Gasteiger partial charge in [-0.2, -0.15) is 0 Å². The van der Waals surface area contributed by atoms with Gasteiger partial charge in [0.15, 0.2) is 0 Å². The molecule has 0 radical (unpaired) electrons. The van der Waals surface area contributed by atoms with Gasteiger partial charge >= 0.3 is 0 Å². The lowest BCUT2D eigenvalue weighted by Crippen LogP contribution is -2.18. The summed E-state index contributed by atoms with van der Waals surface area (Å²) < 4.78 is 10.6. The topological polar surface area (TPSA) is 56.3 Å². The van der Waals surface area contributed by atoms with E-state index in [1.54, 1.807) is 7.11 Å². The molecule has 0 aliphatic rings. The largest absolute Gasteiger partial charge is 0.466 e. The molecule has 0 amide bonds. The van der Waals surface area contributed by atoms with Crippen molar-refractivity contribution in [2.45, 2.75) is 33.4 Å². The van der Waals surface area contributed by atoms with Crippen molar-refractivity contribution in [2.75, 3.05) is 20.3 Å². The van der Waals surface area contributed by atoms with Crippen LogP contribution in [0.2, 0.25) is 0 Å². The number of methoxy groups -OCH3 is 1. The molecule has 0 aliphatic carbocycles. The highest BCUT2D eigenvalue weighted by Crippen LogP contribution is 2.20. The fourth-order valence-corrected chi connectivity index (χ4v) is 1.76. The van der Waals surface area contributed by atoms with E-state index < -0.39 is 0 Å². The predicted molar refractivity (Wildman–Crippen MR) is 68.4 cm³/mol. The Labute approximate surface area is 107 Å². The Hall–Kier alpha value is -0.720. The van der Waals surface area contributed by atoms with Crippen molar-refractivity contribution < 1.29 is 9.47 Å². The number of hydrogen-bond acceptors (Lipinski definition) is 6. The van der Waals surface area contributed by atoms with E-state index in [9.17, 15) is 0 Å². The smallest absolute Gasteiger partial charge is 0.294 e. The average Bonchev–Trinajstić information content (AvgIpc) is 2.72. The van der Waals surface area contributed by atoms with Crippen molar-refractivity contribution in [3.63, 3.8) is 0 Å². The lowest BCUT2D eigenvalue weighted by Gasteiger charge is -2.14. The third kappa shape index (κ3) is 5.43. The summed E-state index contributed by atoms with van der Waals surface area (Å²) >= 11 is 1.49. The molecule has 17 heavy (non-hydrogen) atoms. The van der Waals surface area contributed by atoms with Gasteiger partial charge in [0.2, 0.25) is 0 Å². The number of ether oxygens (including phenoxy) is 2. The highest BCUT2D eigenvalue weighted by molar-refractivity contribution is 7.13. The second kappa shape index (κ2) is 7.58. The number of nitrogens with zero attached hydrogens (tertiary/aromatic N) is 2. The van der Waals surface area contributed by atoms with E-state index in [1.165, 1.54) is 11.3 Å². The molecule has 1 atom stereocenters. The lowest BCUT2D eigenvalue weighted by atomic mass is 10.1. The monoisotopic (exact) mass is 259 g/mol. The molecule has 6 heteroatoms. The normalized spacial score (nSPS) is 13.0. The lowest BCUT2D eigenvalue weighted by molar-refractivity contribution is 0.168. The van der Waals surface area contributed by atoms with Crippen molar-refractivity contribution in [2.24, 2.45) is 5.92 Å². The fraction of sp³-hybridized carbons (Fsp3) is 0.818. The maximum atomic E-state index is 5.68. The maximum absolute atomic E-state index is 5.68. The van der Waals surface area contributed by atoms with E-state index in [1.807, 2.05) is 6.92 Å². The van der Waals surface area contributed by atoms with Crippen LogP contribution in [0.15, 0.2) is 0 Å². The molecule has 0 aromatic carbocycles. The molecular formula is C11H21N3O2S. The minimum atomic E-state index is 0.164. The van der Waals surface area contributed by atoms with Gasteiger partial charge in [-0.3, -0.25) is 0 Å². The Kier molecular flexibility index (Phi) is 6.39. The van der Waals surface area contributed by atoms with E-state index in [0.717, 1.165) is 11.6 Å². The minimum Gasteiger partial charge on any atom is -0.466 e. The summed E-state index contributed by atoms with van der Waals surface area (Å²) in [4.78, 5) is 0. The highest BCUT2D eigenvalue weighted by atomic mass is 32.1. The van der Waals surface area contributed by atoms with E-state index in [-0.39, 0.29) is 6.10 Å². The molecule has 1 N–H and O–H groups in total. The third-order valence-electron chi connectivity index (χ3n) is 2.43. The predicted octanol–water partition coefficient (Wildman–Crippen LogP) is 1.70. The quantitative estimate of drug-likeness (QED) is 0.720. The van der Waals surface area contributed by atoms with Crippen LogP contribution in [-0.2, 0) is 11.3 Å². The van der Waals surface area contributed by atoms with E-state index in [4.69, 9.17) is 9.47 Å². The van der Waals surface area contributed by atoms with Gasteiger partial charge < -0.3 is 14.8 Å². The molecule has 1 heterocycles. The molecule has 0 fully saturated rings. The van der Waals surface area contributed by atoms with Gasteiger partial charge in [0, 0.05) is 20.2 Å². The summed E-state index contributed by atoms with van der Waals surface area (Å²) in [5.74, 6) is 0.474. The van der Waals surface area contributed by atoms with Crippen LogP contribution in [0, 0.1) is 5.92 Å².